The van der Waals surface area contributed by atoms with Crippen LogP contribution in [0, 0.1) is 5.92 Å². The Labute approximate surface area is 274 Å². The van der Waals surface area contributed by atoms with Crippen molar-refractivity contribution in [1.82, 2.24) is 4.90 Å². The summed E-state index contributed by atoms with van der Waals surface area (Å²) >= 11 is 0. The Morgan fingerprint density at radius 3 is 1.98 bits per heavy atom. The van der Waals surface area contributed by atoms with Crippen molar-refractivity contribution in [2.24, 2.45) is 5.92 Å². The fraction of sp³-hybridized carbons (Fsp3) is 0.425. The van der Waals surface area contributed by atoms with Gasteiger partial charge in [-0.15, -0.1) is 0 Å². The zero-order chi connectivity index (χ0) is 33.5. The SMILES string of the molecule is CC(C)(C)c1cc(NC(=O)/C=C/c2ccc(C(CN(Cc3ccccc3)C(=O)C(=O)O)C3CCCCC3)cc2)cc(C(C)(C)C)c1. The van der Waals surface area contributed by atoms with Gasteiger partial charge in [-0.25, -0.2) is 4.79 Å². The molecular weight excluding hydrogens is 572 g/mol. The molecule has 3 aromatic carbocycles. The summed E-state index contributed by atoms with van der Waals surface area (Å²) in [6.07, 6.45) is 8.95. The minimum absolute atomic E-state index is 0.0146. The second-order valence-corrected chi connectivity index (χ2v) is 14.8. The number of carboxylic acids is 1. The van der Waals surface area contributed by atoms with Crippen molar-refractivity contribution in [3.05, 3.63) is 107 Å². The Morgan fingerprint density at radius 2 is 1.43 bits per heavy atom. The van der Waals surface area contributed by atoms with E-state index in [1.165, 1.54) is 22.4 Å². The van der Waals surface area contributed by atoms with E-state index in [1.54, 1.807) is 6.08 Å². The second-order valence-electron chi connectivity index (χ2n) is 14.8. The van der Waals surface area contributed by atoms with Crippen molar-refractivity contribution in [1.29, 1.82) is 0 Å². The predicted octanol–water partition coefficient (Wildman–Crippen LogP) is 8.71. The highest BCUT2D eigenvalue weighted by molar-refractivity contribution is 6.31. The number of hydrogen-bond donors (Lipinski definition) is 2. The van der Waals surface area contributed by atoms with Gasteiger partial charge in [-0.2, -0.15) is 0 Å². The lowest BCUT2D eigenvalue weighted by Gasteiger charge is -2.34. The molecule has 6 heteroatoms. The van der Waals surface area contributed by atoms with Crippen molar-refractivity contribution in [3.8, 4) is 0 Å². The lowest BCUT2D eigenvalue weighted by molar-refractivity contribution is -0.156. The van der Waals surface area contributed by atoms with E-state index >= 15 is 0 Å². The maximum atomic E-state index is 13.0. The van der Waals surface area contributed by atoms with Crippen molar-refractivity contribution in [3.63, 3.8) is 0 Å². The van der Waals surface area contributed by atoms with E-state index in [9.17, 15) is 19.5 Å². The lowest BCUT2D eigenvalue weighted by Crippen LogP contribution is -2.40. The largest absolute Gasteiger partial charge is 0.474 e. The summed E-state index contributed by atoms with van der Waals surface area (Å²) in [6, 6.07) is 24.0. The molecule has 6 nitrogen and oxygen atoms in total. The summed E-state index contributed by atoms with van der Waals surface area (Å²) < 4.78 is 0. The molecule has 4 rings (SSSR count). The highest BCUT2D eigenvalue weighted by atomic mass is 16.4. The Kier molecular flexibility index (Phi) is 11.3. The number of nitrogens with zero attached hydrogens (tertiary/aromatic N) is 1. The maximum Gasteiger partial charge on any atom is 0.394 e. The number of hydrogen-bond acceptors (Lipinski definition) is 3. The van der Waals surface area contributed by atoms with E-state index in [2.05, 4.69) is 77.2 Å². The molecule has 0 spiro atoms. The van der Waals surface area contributed by atoms with Gasteiger partial charge in [0, 0.05) is 30.8 Å². The molecule has 1 saturated carbocycles. The van der Waals surface area contributed by atoms with Crippen LogP contribution in [-0.4, -0.2) is 34.3 Å². The third-order valence-electron chi connectivity index (χ3n) is 9.05. The lowest BCUT2D eigenvalue weighted by atomic mass is 9.76. The van der Waals surface area contributed by atoms with Crippen LogP contribution in [-0.2, 0) is 31.8 Å². The Morgan fingerprint density at radius 1 is 0.848 bits per heavy atom. The Balaban J connectivity index is 1.52. The molecule has 0 aliphatic heterocycles. The fourth-order valence-electron chi connectivity index (χ4n) is 6.23. The standard InChI is InChI=1S/C40H50N2O4/c1-39(2,3)32-23-33(40(4,5)6)25-34(24-32)41-36(43)22-19-28-17-20-31(21-18-28)35(30-15-11-8-12-16-30)27-42(37(44)38(45)46)26-29-13-9-7-10-14-29/h7,9-10,13-14,17-25,30,35H,8,11-12,15-16,26-27H2,1-6H3,(H,41,43)(H,45,46)/b22-19+. The molecule has 244 valence electrons. The monoisotopic (exact) mass is 622 g/mol. The van der Waals surface area contributed by atoms with Gasteiger partial charge in [0.15, 0.2) is 0 Å². The van der Waals surface area contributed by atoms with Crippen LogP contribution in [0.3, 0.4) is 0 Å². The van der Waals surface area contributed by atoms with Gasteiger partial charge < -0.3 is 15.3 Å². The van der Waals surface area contributed by atoms with Gasteiger partial charge in [0.05, 0.1) is 0 Å². The normalized spacial score (nSPS) is 15.0. The minimum atomic E-state index is -1.43. The second kappa shape index (κ2) is 14.9. The van der Waals surface area contributed by atoms with Crippen LogP contribution in [0.4, 0.5) is 5.69 Å². The van der Waals surface area contributed by atoms with Crippen LogP contribution in [0.15, 0.2) is 78.9 Å². The molecule has 2 amide bonds. The first kappa shape index (κ1) is 34.7. The van der Waals surface area contributed by atoms with Crippen molar-refractivity contribution in [2.75, 3.05) is 11.9 Å². The molecular formula is C40H50N2O4. The van der Waals surface area contributed by atoms with Gasteiger partial charge in [0.1, 0.15) is 0 Å². The summed E-state index contributed by atoms with van der Waals surface area (Å²) in [6.45, 7) is 13.6. The molecule has 1 fully saturated rings. The third-order valence-corrected chi connectivity index (χ3v) is 9.05. The molecule has 1 aliphatic rings. The minimum Gasteiger partial charge on any atom is -0.474 e. The van der Waals surface area contributed by atoms with Crippen LogP contribution in [0.5, 0.6) is 0 Å². The Bertz CT molecular complexity index is 1490. The molecule has 0 saturated heterocycles. The first-order chi connectivity index (χ1) is 21.7. The van der Waals surface area contributed by atoms with Gasteiger partial charge >= 0.3 is 11.9 Å². The van der Waals surface area contributed by atoms with E-state index in [4.69, 9.17) is 0 Å². The number of anilines is 1. The molecule has 0 aromatic heterocycles. The van der Waals surface area contributed by atoms with Gasteiger partial charge in [-0.05, 0) is 75.6 Å². The number of aliphatic carboxylic acids is 1. The van der Waals surface area contributed by atoms with Crippen LogP contribution < -0.4 is 5.32 Å². The Hall–Kier alpha value is -4.19. The molecule has 1 unspecified atom stereocenters. The number of amides is 2. The molecule has 0 radical (unpaired) electrons. The number of carboxylic acid groups (broad SMARTS) is 1. The molecule has 0 heterocycles. The maximum absolute atomic E-state index is 13.0. The smallest absolute Gasteiger partial charge is 0.394 e. The summed E-state index contributed by atoms with van der Waals surface area (Å²) in [5, 5.41) is 12.7. The fourth-order valence-corrected chi connectivity index (χ4v) is 6.23. The number of carbonyl (C=O) groups is 3. The number of nitrogens with one attached hydrogen (secondary N) is 1. The van der Waals surface area contributed by atoms with E-state index in [-0.39, 0.29) is 29.2 Å². The van der Waals surface area contributed by atoms with E-state index in [1.807, 2.05) is 48.5 Å². The van der Waals surface area contributed by atoms with Crippen LogP contribution in [0.2, 0.25) is 0 Å². The van der Waals surface area contributed by atoms with Gasteiger partial charge in [0.2, 0.25) is 5.91 Å². The van der Waals surface area contributed by atoms with Crippen molar-refractivity contribution in [2.45, 2.75) is 96.9 Å². The summed E-state index contributed by atoms with van der Waals surface area (Å²) in [4.78, 5) is 39.1. The summed E-state index contributed by atoms with van der Waals surface area (Å²) in [7, 11) is 0. The van der Waals surface area contributed by atoms with Crippen LogP contribution in [0.25, 0.3) is 6.08 Å². The third kappa shape index (κ3) is 9.65. The predicted molar refractivity (Wildman–Crippen MR) is 187 cm³/mol. The number of rotatable bonds is 9. The summed E-state index contributed by atoms with van der Waals surface area (Å²) in [5.74, 6) is -2.13. The molecule has 1 aliphatic carbocycles. The number of carbonyl (C=O) groups excluding carboxylic acids is 2. The first-order valence-corrected chi connectivity index (χ1v) is 16.5. The molecule has 0 bridgehead atoms. The van der Waals surface area contributed by atoms with E-state index in [0.29, 0.717) is 12.5 Å². The van der Waals surface area contributed by atoms with Crippen molar-refractivity contribution < 1.29 is 19.5 Å². The molecule has 46 heavy (non-hydrogen) atoms. The highest BCUT2D eigenvalue weighted by Gasteiger charge is 2.31. The van der Waals surface area contributed by atoms with Gasteiger partial charge in [0.25, 0.3) is 0 Å². The topological polar surface area (TPSA) is 86.7 Å². The molecule has 1 atom stereocenters. The number of benzene rings is 3. The molecule has 3 aromatic rings. The first-order valence-electron chi connectivity index (χ1n) is 16.5. The summed E-state index contributed by atoms with van der Waals surface area (Å²) in [5.41, 5.74) is 5.91. The van der Waals surface area contributed by atoms with Gasteiger partial charge in [-0.1, -0.05) is 121 Å². The van der Waals surface area contributed by atoms with Crippen molar-refractivity contribution >= 4 is 29.5 Å². The van der Waals surface area contributed by atoms with E-state index < -0.39 is 11.9 Å². The van der Waals surface area contributed by atoms with Crippen LogP contribution >= 0.6 is 0 Å². The molecule has 2 N–H and O–H groups in total. The quantitative estimate of drug-likeness (QED) is 0.185. The van der Waals surface area contributed by atoms with Gasteiger partial charge in [-0.3, -0.25) is 9.59 Å². The average Bonchev–Trinajstić information content (AvgIpc) is 3.02. The zero-order valence-corrected chi connectivity index (χ0v) is 28.3. The zero-order valence-electron chi connectivity index (χ0n) is 28.3. The van der Waals surface area contributed by atoms with Crippen LogP contribution in [0.1, 0.15) is 107 Å². The average molecular weight is 623 g/mol. The van der Waals surface area contributed by atoms with E-state index in [0.717, 1.165) is 48.1 Å². The highest BCUT2D eigenvalue weighted by Crippen LogP contribution is 2.37.